The van der Waals surface area contributed by atoms with Crippen LogP contribution in [-0.2, 0) is 4.79 Å². The van der Waals surface area contributed by atoms with E-state index in [-0.39, 0.29) is 23.5 Å². The SMILES string of the molecule is O=C(Nc1ccccc1Cl)C1CCN(C(=O)c2ccc(F)cc2)CC1. The number of halogens is 2. The quantitative estimate of drug-likeness (QED) is 0.900. The maximum Gasteiger partial charge on any atom is 0.253 e. The molecule has 1 aliphatic rings. The van der Waals surface area contributed by atoms with Crippen molar-refractivity contribution in [3.8, 4) is 0 Å². The second-order valence-electron chi connectivity index (χ2n) is 6.04. The van der Waals surface area contributed by atoms with Crippen molar-refractivity contribution in [1.82, 2.24) is 4.90 Å². The van der Waals surface area contributed by atoms with Crippen LogP contribution < -0.4 is 5.32 Å². The van der Waals surface area contributed by atoms with Crippen LogP contribution >= 0.6 is 11.6 Å². The van der Waals surface area contributed by atoms with Crippen LogP contribution in [0.4, 0.5) is 10.1 Å². The molecule has 0 unspecified atom stereocenters. The first-order valence-electron chi connectivity index (χ1n) is 8.15. The number of carbonyl (C=O) groups excluding carboxylic acids is 2. The molecule has 0 spiro atoms. The number of carbonyl (C=O) groups is 2. The van der Waals surface area contributed by atoms with Crippen molar-refractivity contribution in [3.05, 3.63) is 64.9 Å². The zero-order chi connectivity index (χ0) is 17.8. The Bertz CT molecular complexity index is 771. The third kappa shape index (κ3) is 4.17. The number of para-hydroxylation sites is 1. The Morgan fingerprint density at radius 1 is 1.04 bits per heavy atom. The first-order valence-corrected chi connectivity index (χ1v) is 8.52. The molecular formula is C19H18ClFN2O2. The van der Waals surface area contributed by atoms with Gasteiger partial charge in [-0.25, -0.2) is 4.39 Å². The van der Waals surface area contributed by atoms with Gasteiger partial charge in [0.2, 0.25) is 5.91 Å². The summed E-state index contributed by atoms with van der Waals surface area (Å²) in [6.45, 7) is 0.994. The van der Waals surface area contributed by atoms with Crippen LogP contribution in [0.3, 0.4) is 0 Å². The smallest absolute Gasteiger partial charge is 0.253 e. The molecule has 25 heavy (non-hydrogen) atoms. The summed E-state index contributed by atoms with van der Waals surface area (Å²) in [7, 11) is 0. The summed E-state index contributed by atoms with van der Waals surface area (Å²) in [6.07, 6.45) is 1.17. The summed E-state index contributed by atoms with van der Waals surface area (Å²) >= 11 is 6.06. The molecule has 0 aliphatic carbocycles. The van der Waals surface area contributed by atoms with Crippen molar-refractivity contribution >= 4 is 29.1 Å². The fourth-order valence-corrected chi connectivity index (χ4v) is 3.10. The molecule has 0 atom stereocenters. The number of hydrogen-bond acceptors (Lipinski definition) is 2. The molecule has 0 bridgehead atoms. The molecular weight excluding hydrogens is 343 g/mol. The first kappa shape index (κ1) is 17.4. The van der Waals surface area contributed by atoms with Gasteiger partial charge in [0, 0.05) is 24.6 Å². The van der Waals surface area contributed by atoms with Crippen LogP contribution in [0.15, 0.2) is 48.5 Å². The van der Waals surface area contributed by atoms with E-state index in [4.69, 9.17) is 11.6 Å². The number of nitrogens with zero attached hydrogens (tertiary/aromatic N) is 1. The minimum absolute atomic E-state index is 0.0815. The number of hydrogen-bond donors (Lipinski definition) is 1. The van der Waals surface area contributed by atoms with Crippen LogP contribution in [0.2, 0.25) is 5.02 Å². The molecule has 2 aromatic carbocycles. The number of piperidine rings is 1. The normalized spacial score (nSPS) is 15.0. The molecule has 0 aromatic heterocycles. The number of benzene rings is 2. The lowest BCUT2D eigenvalue weighted by atomic mass is 9.95. The molecule has 1 fully saturated rings. The summed E-state index contributed by atoms with van der Waals surface area (Å²) in [5, 5.41) is 3.35. The monoisotopic (exact) mass is 360 g/mol. The molecule has 3 rings (SSSR count). The van der Waals surface area contributed by atoms with Crippen LogP contribution in [0, 0.1) is 11.7 Å². The van der Waals surface area contributed by atoms with E-state index in [0.29, 0.717) is 42.2 Å². The molecule has 2 amide bonds. The van der Waals surface area contributed by atoms with Crippen LogP contribution in [0.1, 0.15) is 23.2 Å². The van der Waals surface area contributed by atoms with E-state index < -0.39 is 0 Å². The van der Waals surface area contributed by atoms with E-state index in [1.807, 2.05) is 6.07 Å². The average molecular weight is 361 g/mol. The van der Waals surface area contributed by atoms with Gasteiger partial charge in [-0.1, -0.05) is 23.7 Å². The predicted molar refractivity (Wildman–Crippen MR) is 95.1 cm³/mol. The maximum atomic E-state index is 13.0. The fourth-order valence-electron chi connectivity index (χ4n) is 2.92. The van der Waals surface area contributed by atoms with Gasteiger partial charge in [0.05, 0.1) is 10.7 Å². The average Bonchev–Trinajstić information content (AvgIpc) is 2.64. The second-order valence-corrected chi connectivity index (χ2v) is 6.45. The molecule has 0 radical (unpaired) electrons. The highest BCUT2D eigenvalue weighted by Crippen LogP contribution is 2.24. The molecule has 1 saturated heterocycles. The minimum Gasteiger partial charge on any atom is -0.339 e. The van der Waals surface area contributed by atoms with E-state index in [2.05, 4.69) is 5.32 Å². The molecule has 0 saturated carbocycles. The highest BCUT2D eigenvalue weighted by Gasteiger charge is 2.28. The summed E-state index contributed by atoms with van der Waals surface area (Å²) in [4.78, 5) is 26.5. The van der Waals surface area contributed by atoms with Crippen LogP contribution in [0.25, 0.3) is 0 Å². The van der Waals surface area contributed by atoms with Crippen molar-refractivity contribution in [2.24, 2.45) is 5.92 Å². The van der Waals surface area contributed by atoms with Gasteiger partial charge in [-0.05, 0) is 49.2 Å². The van der Waals surface area contributed by atoms with E-state index in [1.165, 1.54) is 24.3 Å². The Kier molecular flexibility index (Phi) is 5.34. The van der Waals surface area contributed by atoms with Gasteiger partial charge >= 0.3 is 0 Å². The number of nitrogens with one attached hydrogen (secondary N) is 1. The number of rotatable bonds is 3. The Hall–Kier alpha value is -2.40. The third-order valence-electron chi connectivity index (χ3n) is 4.38. The van der Waals surface area contributed by atoms with E-state index >= 15 is 0 Å². The second kappa shape index (κ2) is 7.66. The van der Waals surface area contributed by atoms with Gasteiger partial charge in [-0.2, -0.15) is 0 Å². The minimum atomic E-state index is -0.369. The van der Waals surface area contributed by atoms with Gasteiger partial charge in [0.15, 0.2) is 0 Å². The largest absolute Gasteiger partial charge is 0.339 e. The van der Waals surface area contributed by atoms with Gasteiger partial charge in [-0.15, -0.1) is 0 Å². The van der Waals surface area contributed by atoms with Crippen molar-refractivity contribution in [2.45, 2.75) is 12.8 Å². The van der Waals surface area contributed by atoms with Crippen molar-refractivity contribution < 1.29 is 14.0 Å². The maximum absolute atomic E-state index is 13.0. The Morgan fingerprint density at radius 2 is 1.68 bits per heavy atom. The lowest BCUT2D eigenvalue weighted by Crippen LogP contribution is -2.41. The lowest BCUT2D eigenvalue weighted by molar-refractivity contribution is -0.121. The number of anilines is 1. The summed E-state index contributed by atoms with van der Waals surface area (Å²) < 4.78 is 13.0. The van der Waals surface area contributed by atoms with Gasteiger partial charge < -0.3 is 10.2 Å². The Labute approximate surface area is 150 Å². The molecule has 4 nitrogen and oxygen atoms in total. The topological polar surface area (TPSA) is 49.4 Å². The highest BCUT2D eigenvalue weighted by atomic mass is 35.5. The molecule has 1 N–H and O–H groups in total. The van der Waals surface area contributed by atoms with Crippen molar-refractivity contribution in [3.63, 3.8) is 0 Å². The van der Waals surface area contributed by atoms with Gasteiger partial charge in [0.1, 0.15) is 5.82 Å². The standard InChI is InChI=1S/C19H18ClFN2O2/c20-16-3-1-2-4-17(16)22-18(24)13-9-11-23(12-10-13)19(25)14-5-7-15(21)8-6-14/h1-8,13H,9-12H2,(H,22,24). The van der Waals surface area contributed by atoms with E-state index in [0.717, 1.165) is 0 Å². The summed E-state index contributed by atoms with van der Waals surface area (Å²) in [5.41, 5.74) is 1.05. The molecule has 1 aliphatic heterocycles. The molecule has 130 valence electrons. The first-order chi connectivity index (χ1) is 12.0. The van der Waals surface area contributed by atoms with Gasteiger partial charge in [0.25, 0.3) is 5.91 Å². The lowest BCUT2D eigenvalue weighted by Gasteiger charge is -2.31. The number of likely N-dealkylation sites (tertiary alicyclic amines) is 1. The van der Waals surface area contributed by atoms with E-state index in [1.54, 1.807) is 23.1 Å². The Balaban J connectivity index is 1.56. The summed E-state index contributed by atoms with van der Waals surface area (Å²) in [6, 6.07) is 12.6. The number of amides is 2. The zero-order valence-electron chi connectivity index (χ0n) is 13.5. The zero-order valence-corrected chi connectivity index (χ0v) is 14.3. The fraction of sp³-hybridized carbons (Fsp3) is 0.263. The van der Waals surface area contributed by atoms with Crippen LogP contribution in [-0.4, -0.2) is 29.8 Å². The molecule has 2 aromatic rings. The Morgan fingerprint density at radius 3 is 2.32 bits per heavy atom. The molecule has 6 heteroatoms. The van der Waals surface area contributed by atoms with Crippen molar-refractivity contribution in [2.75, 3.05) is 18.4 Å². The predicted octanol–water partition coefficient (Wildman–Crippen LogP) is 3.97. The van der Waals surface area contributed by atoms with Gasteiger partial charge in [-0.3, -0.25) is 9.59 Å². The highest BCUT2D eigenvalue weighted by molar-refractivity contribution is 6.33. The third-order valence-corrected chi connectivity index (χ3v) is 4.71. The van der Waals surface area contributed by atoms with Crippen LogP contribution in [0.5, 0.6) is 0 Å². The summed E-state index contributed by atoms with van der Waals surface area (Å²) in [5.74, 6) is -0.744. The van der Waals surface area contributed by atoms with E-state index in [9.17, 15) is 14.0 Å². The molecule has 1 heterocycles. The van der Waals surface area contributed by atoms with Crippen molar-refractivity contribution in [1.29, 1.82) is 0 Å².